The van der Waals surface area contributed by atoms with E-state index in [1.165, 1.54) is 0 Å². The van der Waals surface area contributed by atoms with Gasteiger partial charge in [-0.15, -0.1) is 0 Å². The highest BCUT2D eigenvalue weighted by molar-refractivity contribution is 6.31. The molecule has 0 saturated heterocycles. The molecule has 108 valence electrons. The lowest BCUT2D eigenvalue weighted by Crippen LogP contribution is -2.47. The van der Waals surface area contributed by atoms with Gasteiger partial charge in [-0.2, -0.15) is 5.10 Å². The second-order valence-electron chi connectivity index (χ2n) is 6.19. The molecule has 0 atom stereocenters. The van der Waals surface area contributed by atoms with Crippen molar-refractivity contribution in [3.8, 4) is 0 Å². The van der Waals surface area contributed by atoms with Crippen molar-refractivity contribution in [2.24, 2.45) is 11.8 Å². The molecular weight excluding hydrogens is 260 g/mol. The van der Waals surface area contributed by atoms with Crippen molar-refractivity contribution in [3.63, 3.8) is 0 Å². The third-order valence-corrected chi connectivity index (χ3v) is 4.85. The Bertz CT molecular complexity index is 447. The zero-order valence-electron chi connectivity index (χ0n) is 12.4. The lowest BCUT2D eigenvalue weighted by atomic mass is 9.64. The van der Waals surface area contributed by atoms with Crippen LogP contribution >= 0.6 is 11.6 Å². The van der Waals surface area contributed by atoms with Gasteiger partial charge in [0.1, 0.15) is 0 Å². The predicted molar refractivity (Wildman–Crippen MR) is 78.5 cm³/mol. The van der Waals surface area contributed by atoms with Gasteiger partial charge < -0.3 is 5.11 Å². The molecule has 0 aliphatic heterocycles. The molecule has 19 heavy (non-hydrogen) atoms. The molecule has 1 saturated carbocycles. The number of hydrogen-bond acceptors (Lipinski definition) is 2. The van der Waals surface area contributed by atoms with E-state index >= 15 is 0 Å². The maximum Gasteiger partial charge on any atom is 0.0850 e. The second kappa shape index (κ2) is 5.45. The fourth-order valence-electron chi connectivity index (χ4n) is 3.03. The molecule has 1 fully saturated rings. The average Bonchev–Trinajstić information content (AvgIpc) is 2.62. The Kier molecular flexibility index (Phi) is 4.26. The van der Waals surface area contributed by atoms with Gasteiger partial charge in [0.25, 0.3) is 0 Å². The number of aryl methyl sites for hydroxylation is 2. The van der Waals surface area contributed by atoms with Crippen molar-refractivity contribution in [2.75, 3.05) is 0 Å². The first-order chi connectivity index (χ1) is 8.90. The van der Waals surface area contributed by atoms with Gasteiger partial charge in [0.05, 0.1) is 22.0 Å². The van der Waals surface area contributed by atoms with E-state index in [4.69, 9.17) is 11.6 Å². The van der Waals surface area contributed by atoms with Gasteiger partial charge in [-0.1, -0.05) is 32.4 Å². The van der Waals surface area contributed by atoms with Crippen molar-refractivity contribution in [1.82, 2.24) is 9.78 Å². The van der Waals surface area contributed by atoms with Gasteiger partial charge in [0.2, 0.25) is 0 Å². The summed E-state index contributed by atoms with van der Waals surface area (Å²) in [4.78, 5) is 0. The summed E-state index contributed by atoms with van der Waals surface area (Å²) in [7, 11) is 0. The second-order valence-corrected chi connectivity index (χ2v) is 6.57. The lowest BCUT2D eigenvalue weighted by Gasteiger charge is -2.46. The fraction of sp³-hybridized carbons (Fsp3) is 0.800. The largest absolute Gasteiger partial charge is 0.389 e. The monoisotopic (exact) mass is 284 g/mol. The Labute approximate surface area is 121 Å². The summed E-state index contributed by atoms with van der Waals surface area (Å²) in [6.07, 6.45) is 3.25. The maximum absolute atomic E-state index is 10.6. The first-order valence-corrected chi connectivity index (χ1v) is 7.74. The van der Waals surface area contributed by atoms with Crippen LogP contribution in [-0.2, 0) is 19.4 Å². The summed E-state index contributed by atoms with van der Waals surface area (Å²) in [6, 6.07) is 0. The van der Waals surface area contributed by atoms with Crippen LogP contribution in [0.4, 0.5) is 0 Å². The van der Waals surface area contributed by atoms with Crippen molar-refractivity contribution >= 4 is 11.6 Å². The zero-order chi connectivity index (χ0) is 14.2. The van der Waals surface area contributed by atoms with E-state index in [1.54, 1.807) is 0 Å². The minimum absolute atomic E-state index is 0.573. The molecule has 1 heterocycles. The Morgan fingerprint density at radius 2 is 2.05 bits per heavy atom. The quantitative estimate of drug-likeness (QED) is 0.899. The Morgan fingerprint density at radius 1 is 1.42 bits per heavy atom. The molecule has 0 radical (unpaired) electrons. The molecule has 1 aliphatic rings. The molecule has 0 aromatic carbocycles. The van der Waals surface area contributed by atoms with E-state index in [2.05, 4.69) is 32.8 Å². The third-order valence-electron chi connectivity index (χ3n) is 4.42. The highest BCUT2D eigenvalue weighted by atomic mass is 35.5. The fourth-order valence-corrected chi connectivity index (χ4v) is 3.37. The van der Waals surface area contributed by atoms with E-state index in [0.717, 1.165) is 42.2 Å². The van der Waals surface area contributed by atoms with E-state index in [9.17, 15) is 5.11 Å². The van der Waals surface area contributed by atoms with Crippen LogP contribution in [0.15, 0.2) is 0 Å². The predicted octanol–water partition coefficient (Wildman–Crippen LogP) is 3.46. The first kappa shape index (κ1) is 14.9. The van der Waals surface area contributed by atoms with Gasteiger partial charge in [0, 0.05) is 13.0 Å². The summed E-state index contributed by atoms with van der Waals surface area (Å²) in [6.45, 7) is 9.38. The molecule has 0 bridgehead atoms. The summed E-state index contributed by atoms with van der Waals surface area (Å²) < 4.78 is 1.95. The average molecular weight is 285 g/mol. The van der Waals surface area contributed by atoms with Gasteiger partial charge in [-0.05, 0) is 38.0 Å². The zero-order valence-corrected chi connectivity index (χ0v) is 13.2. The third kappa shape index (κ3) is 2.82. The molecule has 3 nitrogen and oxygen atoms in total. The van der Waals surface area contributed by atoms with Crippen LogP contribution in [0.2, 0.25) is 5.02 Å². The molecule has 1 aromatic rings. The van der Waals surface area contributed by atoms with Crippen LogP contribution in [-0.4, -0.2) is 20.5 Å². The number of halogens is 1. The van der Waals surface area contributed by atoms with E-state index in [-0.39, 0.29) is 0 Å². The van der Waals surface area contributed by atoms with Crippen LogP contribution in [0.5, 0.6) is 0 Å². The first-order valence-electron chi connectivity index (χ1n) is 7.36. The number of aliphatic hydroxyl groups is 1. The topological polar surface area (TPSA) is 38.0 Å². The normalized spacial score (nSPS) is 26.8. The number of aromatic nitrogens is 2. The number of nitrogens with zero attached hydrogens (tertiary/aromatic N) is 2. The van der Waals surface area contributed by atoms with Crippen LogP contribution in [0.3, 0.4) is 0 Å². The molecule has 4 heteroatoms. The summed E-state index contributed by atoms with van der Waals surface area (Å²) in [5, 5.41) is 15.9. The maximum atomic E-state index is 10.6. The molecule has 0 amide bonds. The Hall–Kier alpha value is -0.540. The standard InChI is InChI=1S/C15H25ClN2O/c1-5-12-14(16)13(18(6-2)17-12)9-15(19)7-11(8-15)10(3)4/h10-11,19H,5-9H2,1-4H3. The van der Waals surface area contributed by atoms with Gasteiger partial charge in [-0.25, -0.2) is 0 Å². The summed E-state index contributed by atoms with van der Waals surface area (Å²) in [5.41, 5.74) is 1.38. The van der Waals surface area contributed by atoms with Crippen molar-refractivity contribution in [2.45, 2.75) is 65.5 Å². The molecular formula is C15H25ClN2O. The van der Waals surface area contributed by atoms with Crippen molar-refractivity contribution in [3.05, 3.63) is 16.4 Å². The molecule has 0 unspecified atom stereocenters. The van der Waals surface area contributed by atoms with E-state index in [0.29, 0.717) is 18.3 Å². The van der Waals surface area contributed by atoms with Crippen LogP contribution in [0.25, 0.3) is 0 Å². The lowest BCUT2D eigenvalue weighted by molar-refractivity contribution is -0.0871. The summed E-state index contributed by atoms with van der Waals surface area (Å²) >= 11 is 6.40. The minimum Gasteiger partial charge on any atom is -0.389 e. The van der Waals surface area contributed by atoms with Crippen molar-refractivity contribution < 1.29 is 5.11 Å². The van der Waals surface area contributed by atoms with E-state index < -0.39 is 5.60 Å². The van der Waals surface area contributed by atoms with Crippen LogP contribution in [0.1, 0.15) is 51.9 Å². The van der Waals surface area contributed by atoms with Crippen molar-refractivity contribution in [1.29, 1.82) is 0 Å². The highest BCUT2D eigenvalue weighted by Gasteiger charge is 2.44. The minimum atomic E-state index is -0.573. The molecule has 1 aliphatic carbocycles. The number of hydrogen-bond donors (Lipinski definition) is 1. The van der Waals surface area contributed by atoms with Crippen LogP contribution in [0, 0.1) is 11.8 Å². The number of rotatable bonds is 5. The molecule has 2 rings (SSSR count). The van der Waals surface area contributed by atoms with Gasteiger partial charge >= 0.3 is 0 Å². The smallest absolute Gasteiger partial charge is 0.0850 e. The highest BCUT2D eigenvalue weighted by Crippen LogP contribution is 2.44. The molecule has 0 spiro atoms. The Morgan fingerprint density at radius 3 is 2.53 bits per heavy atom. The molecule has 1 N–H and O–H groups in total. The summed E-state index contributed by atoms with van der Waals surface area (Å²) in [5.74, 6) is 1.30. The van der Waals surface area contributed by atoms with Gasteiger partial charge in [-0.3, -0.25) is 4.68 Å². The Balaban J connectivity index is 2.14. The molecule has 1 aromatic heterocycles. The van der Waals surface area contributed by atoms with Gasteiger partial charge in [0.15, 0.2) is 0 Å². The van der Waals surface area contributed by atoms with E-state index in [1.807, 2.05) is 4.68 Å². The SMILES string of the molecule is CCc1nn(CC)c(CC2(O)CC(C(C)C)C2)c1Cl. The van der Waals surface area contributed by atoms with Crippen LogP contribution < -0.4 is 0 Å².